The second-order valence-corrected chi connectivity index (χ2v) is 6.20. The van der Waals surface area contributed by atoms with E-state index in [1.165, 1.54) is 0 Å². The van der Waals surface area contributed by atoms with Crippen LogP contribution < -0.4 is 5.32 Å². The zero-order valence-corrected chi connectivity index (χ0v) is 15.1. The lowest BCUT2D eigenvalue weighted by Crippen LogP contribution is -2.24. The summed E-state index contributed by atoms with van der Waals surface area (Å²) in [6, 6.07) is 13.5. The maximum absolute atomic E-state index is 12.2. The largest absolute Gasteiger partial charge is 0.380 e. The molecule has 2 aromatic rings. The molecule has 2 aromatic carbocycles. The second kappa shape index (κ2) is 9.14. The molecule has 0 aliphatic heterocycles. The Balaban J connectivity index is 1.84. The fourth-order valence-electron chi connectivity index (χ4n) is 2.59. The maximum atomic E-state index is 12.2. The van der Waals surface area contributed by atoms with Gasteiger partial charge in [-0.25, -0.2) is 0 Å². The van der Waals surface area contributed by atoms with E-state index in [0.29, 0.717) is 18.7 Å². The van der Waals surface area contributed by atoms with Crippen LogP contribution >= 0.6 is 0 Å². The van der Waals surface area contributed by atoms with Crippen molar-refractivity contribution in [1.29, 1.82) is 0 Å². The van der Waals surface area contributed by atoms with Crippen LogP contribution in [0.3, 0.4) is 0 Å². The van der Waals surface area contributed by atoms with Gasteiger partial charge in [0, 0.05) is 32.1 Å². The number of hydrogen-bond donors (Lipinski definition) is 1. The van der Waals surface area contributed by atoms with Gasteiger partial charge in [-0.15, -0.1) is 0 Å². The van der Waals surface area contributed by atoms with Crippen LogP contribution in [0.1, 0.15) is 45.5 Å². The van der Waals surface area contributed by atoms with Crippen molar-refractivity contribution in [2.45, 2.75) is 39.8 Å². The second-order valence-electron chi connectivity index (χ2n) is 6.20. The summed E-state index contributed by atoms with van der Waals surface area (Å²) in [5, 5.41) is 2.88. The molecule has 0 saturated heterocycles. The maximum Gasteiger partial charge on any atom is 0.220 e. The Morgan fingerprint density at radius 3 is 2.36 bits per heavy atom. The highest BCUT2D eigenvalue weighted by Crippen LogP contribution is 2.13. The van der Waals surface area contributed by atoms with Gasteiger partial charge in [-0.2, -0.15) is 0 Å². The summed E-state index contributed by atoms with van der Waals surface area (Å²) in [4.78, 5) is 24.3. The van der Waals surface area contributed by atoms with Crippen molar-refractivity contribution >= 4 is 11.7 Å². The first kappa shape index (κ1) is 18.9. The van der Waals surface area contributed by atoms with Crippen LogP contribution in [0.5, 0.6) is 0 Å². The van der Waals surface area contributed by atoms with Gasteiger partial charge in [-0.05, 0) is 42.2 Å². The molecule has 0 aliphatic rings. The number of methoxy groups -OCH3 is 1. The number of benzene rings is 2. The topological polar surface area (TPSA) is 55.4 Å². The molecule has 0 fully saturated rings. The molecule has 0 saturated carbocycles. The van der Waals surface area contributed by atoms with Crippen LogP contribution in [-0.2, 0) is 22.7 Å². The number of aryl methyl sites for hydroxylation is 2. The number of ether oxygens (including phenoxy) is 1. The van der Waals surface area contributed by atoms with Crippen molar-refractivity contribution in [3.63, 3.8) is 0 Å². The minimum absolute atomic E-state index is 0.00182. The normalized spacial score (nSPS) is 10.5. The van der Waals surface area contributed by atoms with Crippen LogP contribution in [-0.4, -0.2) is 18.8 Å². The van der Waals surface area contributed by atoms with E-state index in [1.54, 1.807) is 7.11 Å². The monoisotopic (exact) mass is 339 g/mol. The zero-order valence-electron chi connectivity index (χ0n) is 15.1. The van der Waals surface area contributed by atoms with E-state index in [2.05, 4.69) is 5.32 Å². The molecule has 0 bridgehead atoms. The highest BCUT2D eigenvalue weighted by atomic mass is 16.5. The van der Waals surface area contributed by atoms with E-state index < -0.39 is 0 Å². The van der Waals surface area contributed by atoms with Crippen molar-refractivity contribution in [1.82, 2.24) is 5.32 Å². The minimum Gasteiger partial charge on any atom is -0.380 e. The van der Waals surface area contributed by atoms with E-state index in [0.717, 1.165) is 22.3 Å². The highest BCUT2D eigenvalue weighted by molar-refractivity contribution is 5.98. The van der Waals surface area contributed by atoms with Crippen LogP contribution in [0.25, 0.3) is 0 Å². The SMILES string of the molecule is COCc1ccccc1CNC(=O)CCC(=O)c1ccc(C)c(C)c1. The number of ketones is 1. The number of carbonyl (C=O) groups excluding carboxylic acids is 2. The average molecular weight is 339 g/mol. The van der Waals surface area contributed by atoms with E-state index in [1.807, 2.05) is 56.3 Å². The molecule has 0 aliphatic carbocycles. The van der Waals surface area contributed by atoms with Gasteiger partial charge in [0.1, 0.15) is 0 Å². The number of nitrogens with one attached hydrogen (secondary N) is 1. The number of Topliss-reactive ketones (excluding diaryl/α,β-unsaturated/α-hetero) is 1. The molecule has 132 valence electrons. The van der Waals surface area contributed by atoms with Crippen LogP contribution in [0.2, 0.25) is 0 Å². The molecule has 0 unspecified atom stereocenters. The van der Waals surface area contributed by atoms with Gasteiger partial charge in [0.15, 0.2) is 5.78 Å². The number of rotatable bonds is 8. The Labute approximate surface area is 149 Å². The summed E-state index contributed by atoms with van der Waals surface area (Å²) in [7, 11) is 1.65. The first-order valence-corrected chi connectivity index (χ1v) is 8.44. The first-order valence-electron chi connectivity index (χ1n) is 8.44. The standard InChI is InChI=1S/C21H25NO3/c1-15-8-9-17(12-16(15)2)20(23)10-11-21(24)22-13-18-6-4-5-7-19(18)14-25-3/h4-9,12H,10-11,13-14H2,1-3H3,(H,22,24). The molecule has 4 nitrogen and oxygen atoms in total. The number of hydrogen-bond acceptors (Lipinski definition) is 3. The summed E-state index contributed by atoms with van der Waals surface area (Å²) in [5.41, 5.74) is 4.99. The van der Waals surface area contributed by atoms with Gasteiger partial charge in [-0.1, -0.05) is 36.4 Å². The summed E-state index contributed by atoms with van der Waals surface area (Å²) in [6.45, 7) is 4.95. The van der Waals surface area contributed by atoms with Gasteiger partial charge < -0.3 is 10.1 Å². The van der Waals surface area contributed by atoms with Gasteiger partial charge >= 0.3 is 0 Å². The Morgan fingerprint density at radius 2 is 1.68 bits per heavy atom. The molecule has 25 heavy (non-hydrogen) atoms. The van der Waals surface area contributed by atoms with Gasteiger partial charge in [0.2, 0.25) is 5.91 Å². The highest BCUT2D eigenvalue weighted by Gasteiger charge is 2.10. The molecule has 0 atom stereocenters. The molecular formula is C21H25NO3. The van der Waals surface area contributed by atoms with Crippen LogP contribution in [0.15, 0.2) is 42.5 Å². The lowest BCUT2D eigenvalue weighted by atomic mass is 10.0. The molecule has 1 N–H and O–H groups in total. The van der Waals surface area contributed by atoms with Gasteiger partial charge in [0.25, 0.3) is 0 Å². The summed E-state index contributed by atoms with van der Waals surface area (Å²) in [6.07, 6.45) is 0.409. The lowest BCUT2D eigenvalue weighted by molar-refractivity contribution is -0.121. The molecule has 0 spiro atoms. The van der Waals surface area contributed by atoms with Gasteiger partial charge in [0.05, 0.1) is 6.61 Å². The molecule has 0 heterocycles. The van der Waals surface area contributed by atoms with E-state index in [4.69, 9.17) is 4.74 Å². The van der Waals surface area contributed by atoms with Crippen molar-refractivity contribution in [2.75, 3.05) is 7.11 Å². The molecular weight excluding hydrogens is 314 g/mol. The minimum atomic E-state index is -0.121. The van der Waals surface area contributed by atoms with E-state index >= 15 is 0 Å². The summed E-state index contributed by atoms with van der Waals surface area (Å²) < 4.78 is 5.16. The van der Waals surface area contributed by atoms with Crippen molar-refractivity contribution in [3.05, 3.63) is 70.3 Å². The zero-order chi connectivity index (χ0) is 18.2. The molecule has 2 rings (SSSR count). The Hall–Kier alpha value is -2.46. The predicted octanol–water partition coefficient (Wildman–Crippen LogP) is 3.73. The third kappa shape index (κ3) is 5.54. The summed E-state index contributed by atoms with van der Waals surface area (Å²) in [5.74, 6) is -0.123. The average Bonchev–Trinajstić information content (AvgIpc) is 2.61. The van der Waals surface area contributed by atoms with Crippen molar-refractivity contribution in [2.24, 2.45) is 0 Å². The molecule has 0 aromatic heterocycles. The van der Waals surface area contributed by atoms with Crippen molar-refractivity contribution in [3.8, 4) is 0 Å². The third-order valence-electron chi connectivity index (χ3n) is 4.30. The summed E-state index contributed by atoms with van der Waals surface area (Å²) >= 11 is 0. The number of carbonyl (C=O) groups is 2. The smallest absolute Gasteiger partial charge is 0.220 e. The Morgan fingerprint density at radius 1 is 0.960 bits per heavy atom. The Bertz CT molecular complexity index is 753. The lowest BCUT2D eigenvalue weighted by Gasteiger charge is -2.10. The molecule has 1 amide bonds. The van der Waals surface area contributed by atoms with E-state index in [9.17, 15) is 9.59 Å². The van der Waals surface area contributed by atoms with Crippen LogP contribution in [0, 0.1) is 13.8 Å². The van der Waals surface area contributed by atoms with E-state index in [-0.39, 0.29) is 24.5 Å². The first-order chi connectivity index (χ1) is 12.0. The predicted molar refractivity (Wildman–Crippen MR) is 98.5 cm³/mol. The number of amides is 1. The van der Waals surface area contributed by atoms with Gasteiger partial charge in [-0.3, -0.25) is 9.59 Å². The fourth-order valence-corrected chi connectivity index (χ4v) is 2.59. The van der Waals surface area contributed by atoms with Crippen LogP contribution in [0.4, 0.5) is 0 Å². The fraction of sp³-hybridized carbons (Fsp3) is 0.333. The quantitative estimate of drug-likeness (QED) is 0.746. The van der Waals surface area contributed by atoms with Crippen molar-refractivity contribution < 1.29 is 14.3 Å². The third-order valence-corrected chi connectivity index (χ3v) is 4.30. The Kier molecular flexibility index (Phi) is 6.90. The molecule has 4 heteroatoms. The molecule has 0 radical (unpaired) electrons.